The van der Waals surface area contributed by atoms with Gasteiger partial charge in [-0.3, -0.25) is 15.5 Å². The molecule has 0 unspecified atom stereocenters. The predicted molar refractivity (Wildman–Crippen MR) is 78.7 cm³/mol. The van der Waals surface area contributed by atoms with E-state index in [0.717, 1.165) is 10.9 Å². The molecule has 0 aliphatic heterocycles. The molecule has 4 N–H and O–H groups in total. The van der Waals surface area contributed by atoms with Crippen LogP contribution in [0.2, 0.25) is 0 Å². The fraction of sp³-hybridized carbons (Fsp3) is 0.231. The zero-order valence-electron chi connectivity index (χ0n) is 11.3. The van der Waals surface area contributed by atoms with Gasteiger partial charge in [-0.1, -0.05) is 0 Å². The van der Waals surface area contributed by atoms with Gasteiger partial charge in [-0.05, 0) is 32.0 Å². The molecule has 2 aromatic rings. The molecule has 1 aromatic carbocycles. The van der Waals surface area contributed by atoms with Gasteiger partial charge in [0.2, 0.25) is 5.71 Å². The smallest absolute Gasteiger partial charge is 0.201 e. The Hall–Kier alpha value is -2.88. The number of benzene rings is 1. The maximum atomic E-state index is 8.76. The van der Waals surface area contributed by atoms with Crippen LogP contribution in [0.3, 0.4) is 0 Å². The fourth-order valence-electron chi connectivity index (χ4n) is 1.80. The van der Waals surface area contributed by atoms with Crippen LogP contribution < -0.4 is 11.2 Å². The van der Waals surface area contributed by atoms with Gasteiger partial charge in [0.05, 0.1) is 17.4 Å². The molecule has 7 heteroatoms. The second-order valence-electron chi connectivity index (χ2n) is 4.55. The lowest BCUT2D eigenvalue weighted by atomic mass is 10.2. The number of nitrogens with two attached hydrogens (primary N) is 1. The van der Waals surface area contributed by atoms with E-state index in [-0.39, 0.29) is 17.6 Å². The lowest BCUT2D eigenvalue weighted by molar-refractivity contribution is 0.551. The Morgan fingerprint density at radius 2 is 2.30 bits per heavy atom. The molecular formula is C13H15N7. The highest BCUT2D eigenvalue weighted by Gasteiger charge is 2.06. The summed E-state index contributed by atoms with van der Waals surface area (Å²) in [6, 6.07) is 7.67. The van der Waals surface area contributed by atoms with Crippen LogP contribution >= 0.6 is 0 Å². The van der Waals surface area contributed by atoms with Gasteiger partial charge >= 0.3 is 0 Å². The zero-order valence-corrected chi connectivity index (χ0v) is 11.3. The average Bonchev–Trinajstić information content (AvgIpc) is 2.82. The number of nitriles is 1. The first-order valence-corrected chi connectivity index (χ1v) is 6.08. The van der Waals surface area contributed by atoms with Crippen molar-refractivity contribution in [2.24, 2.45) is 10.8 Å². The van der Waals surface area contributed by atoms with Crippen LogP contribution in [0, 0.1) is 16.7 Å². The van der Waals surface area contributed by atoms with Crippen molar-refractivity contribution >= 4 is 28.1 Å². The number of hydrogen-bond acceptors (Lipinski definition) is 5. The monoisotopic (exact) mass is 269 g/mol. The molecule has 2 rings (SSSR count). The molecule has 0 aliphatic rings. The van der Waals surface area contributed by atoms with E-state index in [1.54, 1.807) is 12.3 Å². The first kappa shape index (κ1) is 13.5. The average molecular weight is 269 g/mol. The van der Waals surface area contributed by atoms with Gasteiger partial charge in [0.15, 0.2) is 5.84 Å². The summed E-state index contributed by atoms with van der Waals surface area (Å²) in [6.45, 7) is 4.13. The molecule has 1 heterocycles. The van der Waals surface area contributed by atoms with Crippen molar-refractivity contribution < 1.29 is 0 Å². The quantitative estimate of drug-likeness (QED) is 0.446. The van der Waals surface area contributed by atoms with Crippen molar-refractivity contribution in [2.45, 2.75) is 19.9 Å². The van der Waals surface area contributed by atoms with Gasteiger partial charge in [0.1, 0.15) is 6.07 Å². The second kappa shape index (κ2) is 5.40. The molecule has 0 saturated carbocycles. The van der Waals surface area contributed by atoms with Gasteiger partial charge in [0.25, 0.3) is 0 Å². The Kier molecular flexibility index (Phi) is 3.66. The number of nitrogens with zero attached hydrogens (tertiary/aromatic N) is 4. The summed E-state index contributed by atoms with van der Waals surface area (Å²) in [5.74, 6) is -0.367. The van der Waals surface area contributed by atoms with Crippen LogP contribution in [0.4, 0.5) is 5.69 Å². The van der Waals surface area contributed by atoms with E-state index in [2.05, 4.69) is 29.5 Å². The van der Waals surface area contributed by atoms with Crippen LogP contribution in [0.5, 0.6) is 0 Å². The van der Waals surface area contributed by atoms with Crippen LogP contribution in [0.1, 0.15) is 19.9 Å². The molecule has 1 aromatic heterocycles. The molecule has 0 saturated heterocycles. The van der Waals surface area contributed by atoms with E-state index in [9.17, 15) is 0 Å². The summed E-state index contributed by atoms with van der Waals surface area (Å²) in [4.78, 5) is 0. The molecule has 0 atom stereocenters. The number of nitrogens with one attached hydrogen (secondary N) is 2. The van der Waals surface area contributed by atoms with Crippen molar-refractivity contribution in [3.05, 3.63) is 24.4 Å². The van der Waals surface area contributed by atoms with E-state index >= 15 is 0 Å². The van der Waals surface area contributed by atoms with E-state index < -0.39 is 0 Å². The van der Waals surface area contributed by atoms with Crippen molar-refractivity contribution in [1.29, 1.82) is 10.7 Å². The largest absolute Gasteiger partial charge is 0.382 e. The molecule has 0 amide bonds. The summed E-state index contributed by atoms with van der Waals surface area (Å²) in [5, 5.41) is 25.0. The second-order valence-corrected chi connectivity index (χ2v) is 4.55. The van der Waals surface area contributed by atoms with Gasteiger partial charge in [-0.25, -0.2) is 0 Å². The molecule has 0 aliphatic carbocycles. The van der Waals surface area contributed by atoms with Gasteiger partial charge < -0.3 is 5.73 Å². The number of anilines is 1. The van der Waals surface area contributed by atoms with E-state index in [1.165, 1.54) is 0 Å². The predicted octanol–water partition coefficient (Wildman–Crippen LogP) is 1.84. The minimum absolute atomic E-state index is 0.150. The SMILES string of the molecule is CC(C)n1ncc2cc(N/N=C(\C#N)C(=N)N)ccc21. The Morgan fingerprint density at radius 1 is 1.55 bits per heavy atom. The Bertz CT molecular complexity index is 718. The zero-order chi connectivity index (χ0) is 14.7. The maximum absolute atomic E-state index is 8.76. The molecule has 20 heavy (non-hydrogen) atoms. The van der Waals surface area contributed by atoms with Gasteiger partial charge in [-0.15, -0.1) is 0 Å². The van der Waals surface area contributed by atoms with E-state index in [1.807, 2.05) is 22.9 Å². The summed E-state index contributed by atoms with van der Waals surface area (Å²) in [6.07, 6.45) is 1.78. The van der Waals surface area contributed by atoms with Crippen molar-refractivity contribution in [2.75, 3.05) is 5.43 Å². The molecule has 0 radical (unpaired) electrons. The highest BCUT2D eigenvalue weighted by atomic mass is 15.3. The number of aromatic nitrogens is 2. The Morgan fingerprint density at radius 3 is 2.90 bits per heavy atom. The molecule has 0 fully saturated rings. The molecule has 0 spiro atoms. The van der Waals surface area contributed by atoms with Crippen LogP contribution in [0.25, 0.3) is 10.9 Å². The highest BCUT2D eigenvalue weighted by molar-refractivity contribution is 6.45. The lowest BCUT2D eigenvalue weighted by Crippen LogP contribution is -2.21. The van der Waals surface area contributed by atoms with E-state index in [4.69, 9.17) is 16.4 Å². The number of hydrogen-bond donors (Lipinski definition) is 3. The summed E-state index contributed by atoms with van der Waals surface area (Å²) in [7, 11) is 0. The van der Waals surface area contributed by atoms with Crippen molar-refractivity contribution in [3.8, 4) is 6.07 Å². The number of amidine groups is 1. The lowest BCUT2D eigenvalue weighted by Gasteiger charge is -2.07. The minimum atomic E-state index is -0.367. The molecular weight excluding hydrogens is 254 g/mol. The highest BCUT2D eigenvalue weighted by Crippen LogP contribution is 2.21. The first-order chi connectivity index (χ1) is 9.52. The third-order valence-corrected chi connectivity index (χ3v) is 2.74. The fourth-order valence-corrected chi connectivity index (χ4v) is 1.80. The number of fused-ring (bicyclic) bond motifs is 1. The third kappa shape index (κ3) is 2.59. The van der Waals surface area contributed by atoms with Crippen molar-refractivity contribution in [3.63, 3.8) is 0 Å². The minimum Gasteiger partial charge on any atom is -0.382 e. The maximum Gasteiger partial charge on any atom is 0.201 e. The molecule has 102 valence electrons. The Balaban J connectivity index is 2.30. The van der Waals surface area contributed by atoms with Gasteiger partial charge in [0, 0.05) is 11.4 Å². The summed E-state index contributed by atoms with van der Waals surface area (Å²) < 4.78 is 1.93. The Labute approximate surface area is 116 Å². The molecule has 0 bridgehead atoms. The topological polar surface area (TPSA) is 116 Å². The summed E-state index contributed by atoms with van der Waals surface area (Å²) in [5.41, 5.74) is 9.51. The summed E-state index contributed by atoms with van der Waals surface area (Å²) >= 11 is 0. The molecule has 7 nitrogen and oxygen atoms in total. The third-order valence-electron chi connectivity index (χ3n) is 2.74. The van der Waals surface area contributed by atoms with Crippen LogP contribution in [0.15, 0.2) is 29.5 Å². The van der Waals surface area contributed by atoms with Crippen LogP contribution in [-0.2, 0) is 0 Å². The van der Waals surface area contributed by atoms with Crippen LogP contribution in [-0.4, -0.2) is 21.3 Å². The first-order valence-electron chi connectivity index (χ1n) is 6.08. The van der Waals surface area contributed by atoms with E-state index in [0.29, 0.717) is 5.69 Å². The van der Waals surface area contributed by atoms with Gasteiger partial charge in [-0.2, -0.15) is 15.5 Å². The number of rotatable bonds is 4. The normalized spacial score (nSPS) is 11.6. The number of hydrazone groups is 1. The standard InChI is InChI=1S/C13H15N7/c1-8(2)20-12-4-3-10(5-9(12)7-17-20)18-19-11(6-14)13(15)16/h3-5,7-8,18H,1-2H3,(H3,15,16)/b19-11+. The van der Waals surface area contributed by atoms with Crippen molar-refractivity contribution in [1.82, 2.24) is 9.78 Å².